The van der Waals surface area contributed by atoms with Gasteiger partial charge < -0.3 is 94.2 Å². The Kier molecular flexibility index (Phi) is 46.6. The second kappa shape index (κ2) is 48.8. The van der Waals surface area contributed by atoms with Gasteiger partial charge in [-0.3, -0.25) is 14.8 Å². The molecule has 12 fully saturated rings. The molecular weight excluding hydrogens is 1490 g/mol. The minimum atomic E-state index is -4.74. The number of hydrogen-bond donors (Lipinski definition) is 5. The van der Waals surface area contributed by atoms with Crippen molar-refractivity contribution in [1.29, 1.82) is 0 Å². The van der Waals surface area contributed by atoms with Gasteiger partial charge in [0.25, 0.3) is 6.47 Å². The maximum atomic E-state index is 10.6. The van der Waals surface area contributed by atoms with Crippen LogP contribution in [0.25, 0.3) is 0 Å². The summed E-state index contributed by atoms with van der Waals surface area (Å²) in [6, 6.07) is 0. The summed E-state index contributed by atoms with van der Waals surface area (Å²) in [5, 5.41) is 43.9. The minimum absolute atomic E-state index is 0. The summed E-state index contributed by atoms with van der Waals surface area (Å²) in [5.74, 6) is 2.71. The van der Waals surface area contributed by atoms with Gasteiger partial charge in [0.2, 0.25) is 0 Å². The summed E-state index contributed by atoms with van der Waals surface area (Å²) in [6.45, 7) is 2.31. The van der Waals surface area contributed by atoms with Crippen LogP contribution in [0.3, 0.4) is 0 Å². The van der Waals surface area contributed by atoms with Crippen molar-refractivity contribution in [3.63, 3.8) is 0 Å². The van der Waals surface area contributed by atoms with Crippen molar-refractivity contribution in [3.8, 4) is 0 Å². The van der Waals surface area contributed by atoms with Gasteiger partial charge in [-0.05, 0) is 89.3 Å². The Morgan fingerprint density at radius 3 is 1.37 bits per heavy atom. The smallest absolute Gasteiger partial charge is 1.00 e. The molecule has 1 aromatic rings. The van der Waals surface area contributed by atoms with Gasteiger partial charge in [0.15, 0.2) is 62.1 Å². The Balaban J connectivity index is 0.000000397. The number of carbonyl (C=O) groups is 1. The van der Waals surface area contributed by atoms with Crippen LogP contribution in [0.1, 0.15) is 206 Å². The third-order valence-electron chi connectivity index (χ3n) is 18.0. The molecule has 40 heteroatoms. The topological polar surface area (TPSA) is 427 Å². The van der Waals surface area contributed by atoms with Crippen molar-refractivity contribution < 1.29 is 238 Å². The van der Waals surface area contributed by atoms with Crippen molar-refractivity contribution >= 4 is 108 Å². The van der Waals surface area contributed by atoms with Crippen LogP contribution in [0.15, 0.2) is 25.3 Å². The van der Waals surface area contributed by atoms with E-state index in [1.165, 1.54) is 101 Å². The molecule has 12 aliphatic rings. The molecule has 550 valence electrons. The molecule has 31 nitrogen and oxygen atoms in total. The monoisotopic (exact) mass is 1580 g/mol. The maximum Gasteiger partial charge on any atom is 1.00 e. The van der Waals surface area contributed by atoms with Gasteiger partial charge in [0.1, 0.15) is 51.9 Å². The Morgan fingerprint density at radius 2 is 1.01 bits per heavy atom. The number of oxime groups is 2. The number of nitrogens with two attached hydrogens (primary N) is 2. The first-order valence-corrected chi connectivity index (χ1v) is 36.4. The van der Waals surface area contributed by atoms with Crippen molar-refractivity contribution in [2.45, 2.75) is 269 Å². The van der Waals surface area contributed by atoms with Crippen LogP contribution in [0, 0.1) is 0 Å². The van der Waals surface area contributed by atoms with E-state index in [0.29, 0.717) is 67.8 Å². The average molecular weight is 1590 g/mol. The molecule has 0 amide bonds. The van der Waals surface area contributed by atoms with Crippen LogP contribution in [0.5, 0.6) is 0 Å². The first-order chi connectivity index (χ1) is 46.2. The molecule has 1 aromatic heterocycles. The zero-order valence-corrected chi connectivity index (χ0v) is 70.4. The largest absolute Gasteiger partial charge is 1.00 e. The summed E-state index contributed by atoms with van der Waals surface area (Å²) in [5.41, 5.74) is 3.53. The van der Waals surface area contributed by atoms with E-state index in [2.05, 4.69) is 79.1 Å². The summed E-state index contributed by atoms with van der Waals surface area (Å²) in [7, 11) is -1.38. The van der Waals surface area contributed by atoms with Gasteiger partial charge in [-0.15, -0.1) is 0 Å². The molecular formula is C59H95Cl3K2N9NaO22S3. The number of halogens is 3. The fraction of sp³-hybridized carbons (Fsp3) is 0.864. The molecule has 6 saturated carbocycles. The first-order valence-electron chi connectivity index (χ1n) is 32.7. The standard InChI is InChI=1S/C11H16N2O2S.C10H16ClNO2.C10H15N3O2S.C9H14ClNO3.C9H15NO3.C9H16O6S.CH2O3.ClH2NO.2K.Na.H/c1-12-10(13-8-16)9-7-14-11(15-9)5-3-2-4-6-11;1-12-9(11)8-7-13-10(14-8)5-3-2-4-6-10;11-9-12-8(13-16-9)7-6-14-10(15-7)4-2-1-3-5-10;10-8(11-12)7-6-13-9(14-7)4-2-1-3-5-9;11-10-6-8-7-12-9(13-8)4-2-1-3-5-9;10-8(16(11,12)13)7-6-14-9(15-7)4-2-1-3-5-9;2-1-4-3;1-3-2;;;;/h9H,2-7H2,1H3;8H,2-7H2,1H3;7H,1-6H2,(H2,11,12,13);7,12H,1-6H2;6,8,11H,1-5,7H2;7-8,10H,1-6H2,(H,11,12,13);1,3H;2H2;;;;/q;;;;;;;;3*+1;-1/p-2/b;;;11-8-;;;;;;;;/t;;;7-;8-;7-,8?;;;;;;/m...101....../s1. The number of aromatic nitrogens is 2. The molecule has 6 saturated heterocycles. The fourth-order valence-corrected chi connectivity index (χ4v) is 14.6. The molecule has 7 heterocycles. The number of aliphatic hydroxyl groups is 1. The van der Waals surface area contributed by atoms with Crippen LogP contribution in [-0.4, -0.2) is 196 Å². The fourth-order valence-electron chi connectivity index (χ4n) is 13.4. The summed E-state index contributed by atoms with van der Waals surface area (Å²) < 4.78 is 108. The van der Waals surface area contributed by atoms with Crippen molar-refractivity contribution in [1.82, 2.24) is 9.36 Å². The number of aliphatic hydroxyl groups excluding tert-OH is 1. The SMILES string of the molecule is CN=C(Cl)C1COC2(CCCCC2)O1.CN=C(N=C=S)C1COC2(CCCCC2)O1.NOCl.Nc1nc(C2COC3(CCCCC3)O2)ns1.O/N=C(\Cl)[C@H]1COC2(CCCCC2)O1.O=CO[O-].O=S(=O)([O-])C(O)[C@H]1COC2(CCCCC2)O1.ON=C[C@H]1COC2(CCCCC2)O1.[H-].[K+].[K+].[Na+]. The summed E-state index contributed by atoms with van der Waals surface area (Å²) in [6.07, 6.45) is 31.4. The number of anilines is 1. The van der Waals surface area contributed by atoms with Crippen LogP contribution in [0.4, 0.5) is 5.13 Å². The Morgan fingerprint density at radius 1 is 0.646 bits per heavy atom. The molecule has 0 bridgehead atoms. The van der Waals surface area contributed by atoms with Crippen LogP contribution in [0.2, 0.25) is 0 Å². The number of amidine groups is 1. The predicted molar refractivity (Wildman–Crippen MR) is 351 cm³/mol. The molecule has 7 atom stereocenters. The molecule has 6 aliphatic carbocycles. The third-order valence-corrected chi connectivity index (χ3v) is 20.3. The van der Waals surface area contributed by atoms with Crippen molar-refractivity contribution in [2.75, 3.05) is 59.5 Å². The van der Waals surface area contributed by atoms with E-state index in [1.807, 2.05) is 0 Å². The van der Waals surface area contributed by atoms with Crippen LogP contribution >= 0.6 is 58.8 Å². The summed E-state index contributed by atoms with van der Waals surface area (Å²) >= 11 is 21.7. The quantitative estimate of drug-likeness (QED) is 0.0252. The van der Waals surface area contributed by atoms with Gasteiger partial charge in [-0.1, -0.05) is 72.0 Å². The summed E-state index contributed by atoms with van der Waals surface area (Å²) in [4.78, 5) is 27.3. The number of nitrogen functional groups attached to an aromatic ring is 1. The predicted octanol–water partition coefficient (Wildman–Crippen LogP) is -0.482. The minimum Gasteiger partial charge on any atom is -1.00 e. The molecule has 13 rings (SSSR count). The molecule has 0 radical (unpaired) electrons. The first kappa shape index (κ1) is 94.5. The molecule has 0 aromatic carbocycles. The van der Waals surface area contributed by atoms with Crippen molar-refractivity contribution in [3.05, 3.63) is 5.82 Å². The van der Waals surface area contributed by atoms with E-state index in [0.717, 1.165) is 96.3 Å². The van der Waals surface area contributed by atoms with E-state index in [-0.39, 0.29) is 206 Å². The van der Waals surface area contributed by atoms with E-state index < -0.39 is 33.2 Å². The zero-order valence-electron chi connectivity index (χ0n) is 58.4. The van der Waals surface area contributed by atoms with Gasteiger partial charge >= 0.3 is 132 Å². The molecule has 6 spiro atoms. The Hall–Kier alpha value is 1.32. The average Bonchev–Trinajstić information content (AvgIpc) is 1.73. The Bertz CT molecular complexity index is 2720. The third kappa shape index (κ3) is 30.6. The van der Waals surface area contributed by atoms with E-state index >= 15 is 0 Å². The zero-order chi connectivity index (χ0) is 69.6. The normalized spacial score (nSPS) is 28.4. The number of isothiocyanates is 1. The molecule has 6 aliphatic heterocycles. The van der Waals surface area contributed by atoms with Crippen molar-refractivity contribution in [2.24, 2.45) is 31.2 Å². The number of nitrogens with zero attached hydrogens (tertiary/aromatic N) is 7. The van der Waals surface area contributed by atoms with E-state index in [4.69, 9.17) is 106 Å². The second-order valence-corrected chi connectivity index (χ2v) is 28.0. The molecule has 4 unspecified atom stereocenters. The number of rotatable bonds is 8. The van der Waals surface area contributed by atoms with Crippen LogP contribution in [-0.2, 0) is 81.0 Å². The molecule has 99 heavy (non-hydrogen) atoms. The van der Waals surface area contributed by atoms with Gasteiger partial charge in [0, 0.05) is 103 Å². The maximum absolute atomic E-state index is 10.6. The number of carbonyl (C=O) groups excluding carboxylic acids is 1. The number of thiocarbonyl (C=S) groups is 1. The van der Waals surface area contributed by atoms with Gasteiger partial charge in [-0.2, -0.15) is 19.7 Å². The van der Waals surface area contributed by atoms with E-state index in [1.54, 1.807) is 14.1 Å². The van der Waals surface area contributed by atoms with Gasteiger partial charge in [-0.25, -0.2) is 13.4 Å². The van der Waals surface area contributed by atoms with E-state index in [9.17, 15) is 18.1 Å². The molecule has 7 N–H and O–H groups in total. The van der Waals surface area contributed by atoms with Crippen LogP contribution < -0.4 is 149 Å². The Labute approximate surface area is 712 Å². The number of aliphatic imine (C=N–C) groups is 3. The second-order valence-electron chi connectivity index (χ2n) is 24.6. The number of ether oxygens (including phenoxy) is 12. The number of hydrogen-bond acceptors (Lipinski definition) is 32. The van der Waals surface area contributed by atoms with Gasteiger partial charge in [0.05, 0.1) is 62.9 Å².